The summed E-state index contributed by atoms with van der Waals surface area (Å²) in [6.07, 6.45) is 0. The summed E-state index contributed by atoms with van der Waals surface area (Å²) in [6.45, 7) is 0. The Bertz CT molecular complexity index is 263. The lowest BCUT2D eigenvalue weighted by molar-refractivity contribution is 0.0953. The molecule has 1 aromatic carbocycles. The van der Waals surface area contributed by atoms with E-state index in [-0.39, 0.29) is 5.91 Å². The predicted molar refractivity (Wildman–Crippen MR) is 55.9 cm³/mol. The zero-order chi connectivity index (χ0) is 10.1. The van der Waals surface area contributed by atoms with Crippen LogP contribution in [-0.2, 0) is 0 Å². The first-order valence-corrected chi connectivity index (χ1v) is 3.94. The van der Waals surface area contributed by atoms with E-state index >= 15 is 0 Å². The third kappa shape index (κ3) is 4.89. The molecule has 0 atom stereocenters. The van der Waals surface area contributed by atoms with Gasteiger partial charge >= 0.3 is 0 Å². The molecule has 0 spiro atoms. The van der Waals surface area contributed by atoms with Crippen LogP contribution >= 0.6 is 12.2 Å². The molecule has 0 fully saturated rings. The molecule has 0 unspecified atom stereocenters. The van der Waals surface area contributed by atoms with Crippen LogP contribution in [0.15, 0.2) is 30.3 Å². The van der Waals surface area contributed by atoms with Gasteiger partial charge < -0.3 is 5.73 Å². The summed E-state index contributed by atoms with van der Waals surface area (Å²) < 4.78 is 0. The zero-order valence-electron chi connectivity index (χ0n) is 6.94. The molecule has 0 saturated heterocycles. The van der Waals surface area contributed by atoms with Crippen molar-refractivity contribution in [2.24, 2.45) is 11.6 Å². The molecular weight excluding hydrogens is 186 g/mol. The second-order valence-corrected chi connectivity index (χ2v) is 2.25. The Morgan fingerprint density at radius 2 is 1.85 bits per heavy atom. The van der Waals surface area contributed by atoms with Crippen molar-refractivity contribution in [3.63, 3.8) is 0 Å². The van der Waals surface area contributed by atoms with E-state index in [0.717, 1.165) is 5.49 Å². The third-order valence-electron chi connectivity index (χ3n) is 1.17. The number of hydrogen-bond acceptors (Lipinski definition) is 3. The van der Waals surface area contributed by atoms with E-state index in [2.05, 4.69) is 18.0 Å². The minimum Gasteiger partial charge on any atom is -0.396 e. The Labute approximate surface area is 81.9 Å². The lowest BCUT2D eigenvalue weighted by Gasteiger charge is -1.95. The average Bonchev–Trinajstić information content (AvgIpc) is 2.19. The molecule has 1 aromatic rings. The van der Waals surface area contributed by atoms with Crippen molar-refractivity contribution < 1.29 is 4.79 Å². The van der Waals surface area contributed by atoms with Gasteiger partial charge in [-0.1, -0.05) is 30.4 Å². The van der Waals surface area contributed by atoms with Crippen LogP contribution in [0, 0.1) is 0 Å². The maximum atomic E-state index is 10.8. The predicted octanol–water partition coefficient (Wildman–Crippen LogP) is 0.192. The smallest absolute Gasteiger partial charge is 0.265 e. The van der Waals surface area contributed by atoms with E-state index < -0.39 is 0 Å². The number of rotatable bonds is 1. The fourth-order valence-corrected chi connectivity index (χ4v) is 0.673. The largest absolute Gasteiger partial charge is 0.396 e. The zero-order valence-corrected chi connectivity index (χ0v) is 7.75. The Kier molecular flexibility index (Phi) is 6.39. The first-order chi connectivity index (χ1) is 6.26. The highest BCUT2D eigenvalue weighted by atomic mass is 32.1. The van der Waals surface area contributed by atoms with Gasteiger partial charge in [0.15, 0.2) is 0 Å². The molecule has 0 heterocycles. The summed E-state index contributed by atoms with van der Waals surface area (Å²) in [4.78, 5) is 10.8. The van der Waals surface area contributed by atoms with Gasteiger partial charge in [-0.05, 0) is 12.1 Å². The number of hydrogen-bond donors (Lipinski definition) is 3. The average molecular weight is 197 g/mol. The molecule has 0 aliphatic rings. The molecule has 5 heteroatoms. The maximum absolute atomic E-state index is 10.8. The van der Waals surface area contributed by atoms with E-state index in [9.17, 15) is 4.79 Å². The van der Waals surface area contributed by atoms with Crippen molar-refractivity contribution in [2.75, 3.05) is 0 Å². The molecule has 5 N–H and O–H groups in total. The van der Waals surface area contributed by atoms with E-state index in [1.54, 1.807) is 24.3 Å². The molecule has 0 radical (unpaired) electrons. The van der Waals surface area contributed by atoms with Gasteiger partial charge in [-0.3, -0.25) is 10.2 Å². The maximum Gasteiger partial charge on any atom is 0.265 e. The van der Waals surface area contributed by atoms with E-state index in [1.165, 1.54) is 0 Å². The Balaban J connectivity index is 0.000000424. The molecule has 1 rings (SSSR count). The van der Waals surface area contributed by atoms with Gasteiger partial charge in [-0.2, -0.15) is 0 Å². The van der Waals surface area contributed by atoms with Gasteiger partial charge in [0.05, 0.1) is 5.49 Å². The lowest BCUT2D eigenvalue weighted by atomic mass is 10.2. The topological polar surface area (TPSA) is 81.1 Å². The molecule has 0 bridgehead atoms. The summed E-state index contributed by atoms with van der Waals surface area (Å²) in [5.74, 6) is 4.64. The van der Waals surface area contributed by atoms with E-state index in [0.29, 0.717) is 5.56 Å². The lowest BCUT2D eigenvalue weighted by Crippen LogP contribution is -2.29. The van der Waals surface area contributed by atoms with E-state index in [4.69, 9.17) is 5.84 Å². The molecular formula is C8H11N3OS. The highest BCUT2D eigenvalue weighted by molar-refractivity contribution is 7.78. The van der Waals surface area contributed by atoms with Crippen molar-refractivity contribution in [3.8, 4) is 0 Å². The van der Waals surface area contributed by atoms with Gasteiger partial charge in [0.2, 0.25) is 0 Å². The Morgan fingerprint density at radius 3 is 2.23 bits per heavy atom. The summed E-state index contributed by atoms with van der Waals surface area (Å²) in [7, 11) is 0. The number of amides is 1. The molecule has 13 heavy (non-hydrogen) atoms. The highest BCUT2D eigenvalue weighted by Gasteiger charge is 1.98. The normalized spacial score (nSPS) is 7.77. The molecule has 1 amide bonds. The van der Waals surface area contributed by atoms with Crippen LogP contribution in [-0.4, -0.2) is 11.4 Å². The van der Waals surface area contributed by atoms with E-state index in [1.807, 2.05) is 11.5 Å². The van der Waals surface area contributed by atoms with Crippen molar-refractivity contribution >= 4 is 23.6 Å². The standard InChI is InChI=1S/C7H8N2O.CH3NS/c8-9-7(10)6-4-2-1-3-5-6;2-1-3/h1-5H,8H2,(H,9,10);1H,(H2,2,3). The number of nitrogens with one attached hydrogen (secondary N) is 1. The summed E-state index contributed by atoms with van der Waals surface area (Å²) >= 11 is 4.05. The molecule has 0 saturated carbocycles. The quantitative estimate of drug-likeness (QED) is 0.260. The third-order valence-corrected chi connectivity index (χ3v) is 1.17. The summed E-state index contributed by atoms with van der Waals surface area (Å²) in [6, 6.07) is 8.80. The number of carbonyl (C=O) groups excluding carboxylic acids is 1. The Hall–Kier alpha value is -1.46. The van der Waals surface area contributed by atoms with Crippen molar-refractivity contribution in [1.82, 2.24) is 5.43 Å². The van der Waals surface area contributed by atoms with Crippen LogP contribution in [0.1, 0.15) is 10.4 Å². The minimum atomic E-state index is -0.263. The molecule has 0 aliphatic carbocycles. The first kappa shape index (κ1) is 11.5. The SMILES string of the molecule is NC=S.NNC(=O)c1ccccc1. The number of thiocarbonyl (C=S) groups is 1. The van der Waals surface area contributed by atoms with Gasteiger partial charge in [0.1, 0.15) is 0 Å². The fraction of sp³-hybridized carbons (Fsp3) is 0. The van der Waals surface area contributed by atoms with Crippen LogP contribution in [0.5, 0.6) is 0 Å². The number of benzene rings is 1. The molecule has 0 aliphatic heterocycles. The number of hydrazine groups is 1. The van der Waals surface area contributed by atoms with Crippen molar-refractivity contribution in [1.29, 1.82) is 0 Å². The van der Waals surface area contributed by atoms with Crippen LogP contribution in [0.3, 0.4) is 0 Å². The number of nitrogen functional groups attached to an aromatic ring is 1. The van der Waals surface area contributed by atoms with Crippen LogP contribution < -0.4 is 17.0 Å². The number of carbonyl (C=O) groups is 1. The fourth-order valence-electron chi connectivity index (χ4n) is 0.673. The summed E-state index contributed by atoms with van der Waals surface area (Å²) in [5, 5.41) is 0. The van der Waals surface area contributed by atoms with Gasteiger partial charge in [-0.25, -0.2) is 5.84 Å². The number of nitrogens with two attached hydrogens (primary N) is 2. The second-order valence-electron chi connectivity index (χ2n) is 1.98. The van der Waals surface area contributed by atoms with Gasteiger partial charge in [0.25, 0.3) is 5.91 Å². The van der Waals surface area contributed by atoms with Gasteiger partial charge in [0, 0.05) is 5.56 Å². The van der Waals surface area contributed by atoms with Gasteiger partial charge in [-0.15, -0.1) is 0 Å². The molecule has 70 valence electrons. The first-order valence-electron chi connectivity index (χ1n) is 3.47. The van der Waals surface area contributed by atoms with Crippen LogP contribution in [0.4, 0.5) is 0 Å². The van der Waals surface area contributed by atoms with Crippen molar-refractivity contribution in [3.05, 3.63) is 35.9 Å². The highest BCUT2D eigenvalue weighted by Crippen LogP contribution is 1.95. The molecule has 4 nitrogen and oxygen atoms in total. The van der Waals surface area contributed by atoms with Crippen molar-refractivity contribution in [2.45, 2.75) is 0 Å². The minimum absolute atomic E-state index is 0.263. The Morgan fingerprint density at radius 1 is 1.38 bits per heavy atom. The monoisotopic (exact) mass is 197 g/mol. The molecule has 0 aromatic heterocycles. The van der Waals surface area contributed by atoms with Crippen LogP contribution in [0.2, 0.25) is 0 Å². The second kappa shape index (κ2) is 7.20. The van der Waals surface area contributed by atoms with Crippen LogP contribution in [0.25, 0.3) is 0 Å². The summed E-state index contributed by atoms with van der Waals surface area (Å²) in [5.41, 5.74) is 8.24.